The second-order valence-corrected chi connectivity index (χ2v) is 5.30. The molecule has 0 amide bonds. The first kappa shape index (κ1) is 11.4. The van der Waals surface area contributed by atoms with E-state index in [4.69, 9.17) is 0 Å². The average Bonchev–Trinajstić information content (AvgIpc) is 2.18. The van der Waals surface area contributed by atoms with Gasteiger partial charge in [0.25, 0.3) is 0 Å². The van der Waals surface area contributed by atoms with Crippen LogP contribution in [0.1, 0.15) is 33.1 Å². The van der Waals surface area contributed by atoms with Crippen molar-refractivity contribution in [3.8, 4) is 0 Å². The molecule has 0 radical (unpaired) electrons. The van der Waals surface area contributed by atoms with Gasteiger partial charge in [0.15, 0.2) is 0 Å². The number of hydrogen-bond donors (Lipinski definition) is 1. The molecule has 3 heteroatoms. The number of rotatable bonds is 2. The zero-order chi connectivity index (χ0) is 10.8. The fourth-order valence-electron chi connectivity index (χ4n) is 3.01. The van der Waals surface area contributed by atoms with Gasteiger partial charge in [0.2, 0.25) is 0 Å². The van der Waals surface area contributed by atoms with Gasteiger partial charge in [-0.05, 0) is 33.2 Å². The molecule has 2 saturated heterocycles. The first-order valence-corrected chi connectivity index (χ1v) is 6.33. The van der Waals surface area contributed by atoms with E-state index < -0.39 is 0 Å². The van der Waals surface area contributed by atoms with Crippen LogP contribution in [0.4, 0.5) is 0 Å². The normalized spacial score (nSPS) is 36.2. The van der Waals surface area contributed by atoms with Gasteiger partial charge in [-0.2, -0.15) is 0 Å². The summed E-state index contributed by atoms with van der Waals surface area (Å²) in [4.78, 5) is 5.10. The van der Waals surface area contributed by atoms with E-state index in [0.717, 1.165) is 19.1 Å². The highest BCUT2D eigenvalue weighted by atomic mass is 16.3. The topological polar surface area (TPSA) is 26.7 Å². The van der Waals surface area contributed by atoms with Crippen molar-refractivity contribution in [3.05, 3.63) is 0 Å². The van der Waals surface area contributed by atoms with Gasteiger partial charge in [-0.15, -0.1) is 0 Å². The Bertz CT molecular complexity index is 208. The Kier molecular flexibility index (Phi) is 3.65. The first-order valence-electron chi connectivity index (χ1n) is 6.33. The van der Waals surface area contributed by atoms with E-state index in [1.54, 1.807) is 0 Å². The third-order valence-corrected chi connectivity index (χ3v) is 3.82. The van der Waals surface area contributed by atoms with Crippen molar-refractivity contribution in [2.24, 2.45) is 0 Å². The molecule has 0 saturated carbocycles. The molecule has 2 fully saturated rings. The molecule has 0 aromatic heterocycles. The molecule has 2 aliphatic rings. The van der Waals surface area contributed by atoms with Crippen molar-refractivity contribution >= 4 is 0 Å². The van der Waals surface area contributed by atoms with Crippen LogP contribution in [0.5, 0.6) is 0 Å². The fraction of sp³-hybridized carbons (Fsp3) is 1.00. The number of nitrogens with zero attached hydrogens (tertiary/aromatic N) is 2. The Morgan fingerprint density at radius 3 is 2.87 bits per heavy atom. The Labute approximate surface area is 93.1 Å². The van der Waals surface area contributed by atoms with Gasteiger partial charge in [0, 0.05) is 31.7 Å². The average molecular weight is 212 g/mol. The quantitative estimate of drug-likeness (QED) is 0.737. The van der Waals surface area contributed by atoms with E-state index in [1.807, 2.05) is 6.92 Å². The van der Waals surface area contributed by atoms with E-state index in [2.05, 4.69) is 16.7 Å². The number of hydrogen-bond acceptors (Lipinski definition) is 3. The standard InChI is InChI=1S/C12H24N2O/c1-10-7-13-6-4-3-5-12(13)9-14(10)8-11(2)15/h10-12,15H,3-9H2,1-2H3/t10?,11-,12?/m0/s1. The second-order valence-electron chi connectivity index (χ2n) is 5.30. The molecule has 3 atom stereocenters. The molecule has 88 valence electrons. The van der Waals surface area contributed by atoms with Crippen LogP contribution in [0.3, 0.4) is 0 Å². The zero-order valence-electron chi connectivity index (χ0n) is 10.0. The van der Waals surface area contributed by atoms with Crippen LogP contribution in [-0.4, -0.2) is 59.3 Å². The summed E-state index contributed by atoms with van der Waals surface area (Å²) in [6.45, 7) is 8.65. The number of fused-ring (bicyclic) bond motifs is 1. The molecular formula is C12H24N2O. The summed E-state index contributed by atoms with van der Waals surface area (Å²) in [5.41, 5.74) is 0. The SMILES string of the molecule is CC1CN2CCCCC2CN1C[C@H](C)O. The fourth-order valence-corrected chi connectivity index (χ4v) is 3.01. The van der Waals surface area contributed by atoms with E-state index >= 15 is 0 Å². The Balaban J connectivity index is 1.92. The van der Waals surface area contributed by atoms with Crippen LogP contribution in [0.25, 0.3) is 0 Å². The summed E-state index contributed by atoms with van der Waals surface area (Å²) in [6, 6.07) is 1.36. The molecule has 1 N–H and O–H groups in total. The number of piperidine rings is 1. The lowest BCUT2D eigenvalue weighted by Gasteiger charge is -2.47. The van der Waals surface area contributed by atoms with Crippen molar-refractivity contribution in [2.75, 3.05) is 26.2 Å². The summed E-state index contributed by atoms with van der Waals surface area (Å²) in [5, 5.41) is 9.46. The lowest BCUT2D eigenvalue weighted by molar-refractivity contribution is -0.00403. The summed E-state index contributed by atoms with van der Waals surface area (Å²) < 4.78 is 0. The number of piperazine rings is 1. The highest BCUT2D eigenvalue weighted by Crippen LogP contribution is 2.23. The van der Waals surface area contributed by atoms with Crippen molar-refractivity contribution in [1.29, 1.82) is 0 Å². The van der Waals surface area contributed by atoms with Gasteiger partial charge >= 0.3 is 0 Å². The van der Waals surface area contributed by atoms with Crippen molar-refractivity contribution in [1.82, 2.24) is 9.80 Å². The molecule has 2 rings (SSSR count). The van der Waals surface area contributed by atoms with Crippen LogP contribution in [0, 0.1) is 0 Å². The smallest absolute Gasteiger partial charge is 0.0639 e. The van der Waals surface area contributed by atoms with Crippen LogP contribution >= 0.6 is 0 Å². The maximum Gasteiger partial charge on any atom is 0.0639 e. The van der Waals surface area contributed by atoms with Crippen LogP contribution in [0.15, 0.2) is 0 Å². The van der Waals surface area contributed by atoms with Gasteiger partial charge in [-0.3, -0.25) is 9.80 Å². The minimum absolute atomic E-state index is 0.192. The Morgan fingerprint density at radius 1 is 1.33 bits per heavy atom. The molecular weight excluding hydrogens is 188 g/mol. The van der Waals surface area contributed by atoms with Gasteiger partial charge in [-0.1, -0.05) is 6.42 Å². The third kappa shape index (κ3) is 2.71. The molecule has 0 bridgehead atoms. The molecule has 2 heterocycles. The number of β-amino-alcohol motifs (C(OH)–C–C–N with tert-alkyl or cyclic N) is 1. The minimum Gasteiger partial charge on any atom is -0.392 e. The highest BCUT2D eigenvalue weighted by molar-refractivity contribution is 4.89. The molecule has 15 heavy (non-hydrogen) atoms. The monoisotopic (exact) mass is 212 g/mol. The van der Waals surface area contributed by atoms with Crippen molar-refractivity contribution in [2.45, 2.75) is 51.3 Å². The molecule has 0 spiro atoms. The Morgan fingerprint density at radius 2 is 2.13 bits per heavy atom. The van der Waals surface area contributed by atoms with Crippen molar-refractivity contribution in [3.63, 3.8) is 0 Å². The maximum absolute atomic E-state index is 9.46. The number of aliphatic hydroxyl groups excluding tert-OH is 1. The lowest BCUT2D eigenvalue weighted by Crippen LogP contribution is -2.59. The largest absolute Gasteiger partial charge is 0.392 e. The molecule has 0 aromatic rings. The maximum atomic E-state index is 9.46. The first-order chi connectivity index (χ1) is 7.16. The zero-order valence-corrected chi connectivity index (χ0v) is 10.0. The van der Waals surface area contributed by atoms with Gasteiger partial charge in [0.1, 0.15) is 0 Å². The van der Waals surface area contributed by atoms with Crippen LogP contribution in [-0.2, 0) is 0 Å². The molecule has 3 nitrogen and oxygen atoms in total. The highest BCUT2D eigenvalue weighted by Gasteiger charge is 2.32. The second kappa shape index (κ2) is 4.81. The van der Waals surface area contributed by atoms with Gasteiger partial charge in [-0.25, -0.2) is 0 Å². The minimum atomic E-state index is -0.192. The van der Waals surface area contributed by atoms with Crippen LogP contribution < -0.4 is 0 Å². The molecule has 0 aliphatic carbocycles. The van der Waals surface area contributed by atoms with Gasteiger partial charge < -0.3 is 5.11 Å². The number of aliphatic hydroxyl groups is 1. The van der Waals surface area contributed by atoms with Crippen molar-refractivity contribution < 1.29 is 5.11 Å². The summed E-state index contributed by atoms with van der Waals surface area (Å²) in [5.74, 6) is 0. The lowest BCUT2D eigenvalue weighted by atomic mass is 9.97. The third-order valence-electron chi connectivity index (χ3n) is 3.82. The van der Waals surface area contributed by atoms with Crippen LogP contribution in [0.2, 0.25) is 0 Å². The molecule has 2 unspecified atom stereocenters. The van der Waals surface area contributed by atoms with Gasteiger partial charge in [0.05, 0.1) is 6.10 Å². The van der Waals surface area contributed by atoms with E-state index in [1.165, 1.54) is 32.4 Å². The molecule has 2 aliphatic heterocycles. The summed E-state index contributed by atoms with van der Waals surface area (Å²) in [7, 11) is 0. The predicted octanol–water partition coefficient (Wildman–Crippen LogP) is 0.926. The summed E-state index contributed by atoms with van der Waals surface area (Å²) in [6.07, 6.45) is 3.92. The Hall–Kier alpha value is -0.120. The molecule has 0 aromatic carbocycles. The van der Waals surface area contributed by atoms with E-state index in [9.17, 15) is 5.11 Å². The summed E-state index contributed by atoms with van der Waals surface area (Å²) >= 11 is 0. The predicted molar refractivity (Wildman–Crippen MR) is 61.9 cm³/mol. The van der Waals surface area contributed by atoms with E-state index in [-0.39, 0.29) is 6.10 Å². The van der Waals surface area contributed by atoms with E-state index in [0.29, 0.717) is 6.04 Å².